The average Bonchev–Trinajstić information content (AvgIpc) is 3.44. The van der Waals surface area contributed by atoms with Gasteiger partial charge in [-0.1, -0.05) is 91.9 Å². The minimum Gasteiger partial charge on any atom is -0.673 e. The Labute approximate surface area is 280 Å². The molecule has 0 unspecified atom stereocenters. The molecule has 1 heterocycles. The van der Waals surface area contributed by atoms with Crippen LogP contribution < -0.4 is 25.5 Å². The Morgan fingerprint density at radius 2 is 0.860 bits per heavy atom. The summed E-state index contributed by atoms with van der Waals surface area (Å²) in [5.74, 6) is -27.0. The van der Waals surface area contributed by atoms with Crippen LogP contribution in [-0.2, 0) is 0 Å². The van der Waals surface area contributed by atoms with E-state index in [1.54, 1.807) is 30.3 Å². The quantitative estimate of drug-likeness (QED) is 0.0453. The highest BCUT2D eigenvalue weighted by atomic mass is 31.1. The van der Waals surface area contributed by atoms with E-state index < -0.39 is 105 Å². The van der Waals surface area contributed by atoms with Crippen molar-refractivity contribution in [2.75, 3.05) is 0 Å². The number of benzene rings is 6. The summed E-state index contributed by atoms with van der Waals surface area (Å²) < 4.78 is 164. The molecule has 0 N–H and O–H groups in total. The van der Waals surface area contributed by atoms with E-state index in [1.807, 2.05) is 47.6 Å². The van der Waals surface area contributed by atoms with Crippen LogP contribution in [0.2, 0.25) is 0 Å². The van der Waals surface area contributed by atoms with E-state index in [9.17, 15) is 26.3 Å². The van der Waals surface area contributed by atoms with E-state index in [-0.39, 0.29) is 10.8 Å². The average molecular weight is 721 g/mol. The van der Waals surface area contributed by atoms with Gasteiger partial charge in [-0.25, -0.2) is 43.9 Å². The molecule has 0 saturated heterocycles. The molecule has 7 rings (SSSR count). The van der Waals surface area contributed by atoms with Gasteiger partial charge < -0.3 is 9.31 Å². The van der Waals surface area contributed by atoms with Gasteiger partial charge in [-0.05, 0) is 37.3 Å². The number of hydrogen-bond donors (Lipinski definition) is 0. The molecule has 6 aromatic rings. The van der Waals surface area contributed by atoms with Gasteiger partial charge in [0.2, 0.25) is 0 Å². The zero-order valence-electron chi connectivity index (χ0n) is 27.2. The lowest BCUT2D eigenvalue weighted by Gasteiger charge is -2.42. The number of fused-ring (bicyclic) bond motifs is 3. The molecule has 1 aliphatic rings. The van der Waals surface area contributed by atoms with Crippen molar-refractivity contribution in [1.29, 1.82) is 0 Å². The van der Waals surface area contributed by atoms with Gasteiger partial charge in [0.15, 0.2) is 34.9 Å². The van der Waals surface area contributed by atoms with E-state index in [2.05, 4.69) is 0 Å². The summed E-state index contributed by atoms with van der Waals surface area (Å²) in [6, 6.07) is 11.9. The highest BCUT2D eigenvalue weighted by molar-refractivity contribution is 7.69. The van der Waals surface area contributed by atoms with Crippen LogP contribution in [0.3, 0.4) is 0 Å². The van der Waals surface area contributed by atoms with Gasteiger partial charge in [-0.3, -0.25) is 0 Å². The highest BCUT2D eigenvalue weighted by Gasteiger charge is 2.53. The van der Waals surface area contributed by atoms with Crippen molar-refractivity contribution in [2.45, 2.75) is 51.9 Å². The lowest BCUT2D eigenvalue weighted by atomic mass is 9.45. The zero-order valence-corrected chi connectivity index (χ0v) is 28.1. The molecule has 0 aliphatic carbocycles. The predicted octanol–water partition coefficient (Wildman–Crippen LogP) is 9.71. The second-order valence-corrected chi connectivity index (χ2v) is 18.1. The first-order valence-corrected chi connectivity index (χ1v) is 16.7. The molecule has 0 saturated carbocycles. The Bertz CT molecular complexity index is 2300. The Morgan fingerprint density at radius 1 is 0.460 bits per heavy atom. The monoisotopic (exact) mass is 721 g/mol. The standard InChI is InChI=1S/C36H25BF10O2P/c1-35(2,3)50(36(4,5)6)17-13-12-15-11-10-14-8-7-9-16-18(14)19(15)20(17)34-33(16)48-37(49-34,21-23(38)27(42)31(46)28(43)24(21)39)22-25(40)29(44)32(47)30(45)26(22)41/h7-13H,1-6H3/q-1. The maximum absolute atomic E-state index is 15.9. The molecule has 0 amide bonds. The van der Waals surface area contributed by atoms with Gasteiger partial charge in [-0.15, -0.1) is 0 Å². The van der Waals surface area contributed by atoms with Gasteiger partial charge in [-0.2, -0.15) is 0 Å². The SMILES string of the molecule is CC(C)(C)P(c1ccc2ccc3cccc4c5c(c1c2c34)O[B-](c1c(F)c(F)c(F)c(F)c1F)(c1c(F)c(F)c(F)c(F)c1F)O5)C(C)(C)C. The minimum absolute atomic E-state index is 0.125. The molecular formula is C36H25BF10O2P-. The maximum Gasteiger partial charge on any atom is 0.418 e. The van der Waals surface area contributed by atoms with Crippen LogP contribution in [0.25, 0.3) is 32.3 Å². The molecule has 50 heavy (non-hydrogen) atoms. The summed E-state index contributed by atoms with van der Waals surface area (Å²) in [4.78, 5) is 0. The maximum atomic E-state index is 15.9. The molecule has 0 bridgehead atoms. The molecule has 0 fully saturated rings. The molecular weight excluding hydrogens is 696 g/mol. The first-order chi connectivity index (χ1) is 23.2. The van der Waals surface area contributed by atoms with Crippen LogP contribution in [0.5, 0.6) is 11.5 Å². The molecule has 6 aromatic carbocycles. The van der Waals surface area contributed by atoms with E-state index in [0.717, 1.165) is 0 Å². The first kappa shape index (κ1) is 34.2. The van der Waals surface area contributed by atoms with Crippen molar-refractivity contribution in [1.82, 2.24) is 0 Å². The van der Waals surface area contributed by atoms with Crippen molar-refractivity contribution in [2.24, 2.45) is 0 Å². The fraction of sp³-hybridized carbons (Fsp3) is 0.222. The Balaban J connectivity index is 1.73. The van der Waals surface area contributed by atoms with Crippen molar-refractivity contribution < 1.29 is 53.2 Å². The Hall–Kier alpha value is -4.25. The zero-order chi connectivity index (χ0) is 36.6. The lowest BCUT2D eigenvalue weighted by molar-refractivity contribution is 0.372. The fourth-order valence-corrected chi connectivity index (χ4v) is 11.7. The van der Waals surface area contributed by atoms with Gasteiger partial charge in [0, 0.05) is 21.5 Å². The molecule has 0 radical (unpaired) electrons. The molecule has 0 aromatic heterocycles. The van der Waals surface area contributed by atoms with Crippen LogP contribution in [-0.4, -0.2) is 16.9 Å². The third-order valence-corrected chi connectivity index (χ3v) is 12.6. The summed E-state index contributed by atoms with van der Waals surface area (Å²) in [6.45, 7) is 6.91. The number of rotatable bonds is 3. The number of hydrogen-bond acceptors (Lipinski definition) is 2. The molecule has 1 aliphatic heterocycles. The number of halogens is 10. The minimum atomic E-state index is -4.99. The second-order valence-electron chi connectivity index (χ2n) is 14.3. The van der Waals surface area contributed by atoms with Gasteiger partial charge in [0.25, 0.3) is 0 Å². The van der Waals surface area contributed by atoms with Crippen molar-refractivity contribution in [3.8, 4) is 11.5 Å². The van der Waals surface area contributed by atoms with E-state index in [4.69, 9.17) is 9.31 Å². The van der Waals surface area contributed by atoms with Crippen LogP contribution in [0.15, 0.2) is 42.5 Å². The third-order valence-electron chi connectivity index (χ3n) is 9.08. The summed E-state index contributed by atoms with van der Waals surface area (Å²) in [6.07, 6.45) is 0. The summed E-state index contributed by atoms with van der Waals surface area (Å²) in [7, 11) is -1.28. The molecule has 0 atom stereocenters. The highest BCUT2D eigenvalue weighted by Crippen LogP contribution is 2.62. The van der Waals surface area contributed by atoms with Gasteiger partial charge in [0.1, 0.15) is 34.8 Å². The largest absolute Gasteiger partial charge is 0.673 e. The molecule has 260 valence electrons. The van der Waals surface area contributed by atoms with Crippen molar-refractivity contribution >= 4 is 63.0 Å². The Morgan fingerprint density at radius 3 is 1.32 bits per heavy atom. The van der Waals surface area contributed by atoms with Crippen LogP contribution >= 0.6 is 7.92 Å². The molecule has 0 spiro atoms. The van der Waals surface area contributed by atoms with E-state index in [1.165, 1.54) is 6.07 Å². The third kappa shape index (κ3) is 4.47. The molecule has 2 nitrogen and oxygen atoms in total. The smallest absolute Gasteiger partial charge is 0.418 e. The Kier molecular flexibility index (Phi) is 7.44. The van der Waals surface area contributed by atoms with Crippen molar-refractivity contribution in [3.05, 3.63) is 101 Å². The van der Waals surface area contributed by atoms with Crippen LogP contribution in [0.1, 0.15) is 41.5 Å². The summed E-state index contributed by atoms with van der Waals surface area (Å²) in [5.41, 5.74) is -4.12. The van der Waals surface area contributed by atoms with Crippen molar-refractivity contribution in [3.63, 3.8) is 0 Å². The first-order valence-electron chi connectivity index (χ1n) is 15.3. The van der Waals surface area contributed by atoms with Crippen LogP contribution in [0.4, 0.5) is 43.9 Å². The van der Waals surface area contributed by atoms with E-state index >= 15 is 17.6 Å². The second kappa shape index (κ2) is 10.9. The van der Waals surface area contributed by atoms with Gasteiger partial charge >= 0.3 is 6.55 Å². The normalized spacial score (nSPS) is 14.7. The van der Waals surface area contributed by atoms with Gasteiger partial charge in [0.05, 0.1) is 0 Å². The van der Waals surface area contributed by atoms with E-state index in [0.29, 0.717) is 26.8 Å². The topological polar surface area (TPSA) is 18.5 Å². The molecule has 14 heteroatoms. The summed E-state index contributed by atoms with van der Waals surface area (Å²) >= 11 is 0. The lowest BCUT2D eigenvalue weighted by Crippen LogP contribution is -2.70. The summed E-state index contributed by atoms with van der Waals surface area (Å²) in [5, 5.41) is 2.30. The van der Waals surface area contributed by atoms with Crippen LogP contribution in [0, 0.1) is 58.2 Å². The fourth-order valence-electron chi connectivity index (χ4n) is 7.63. The predicted molar refractivity (Wildman–Crippen MR) is 175 cm³/mol.